The molecule has 0 bridgehead atoms. The highest BCUT2D eigenvalue weighted by atomic mass is 32.2. The molecule has 0 saturated heterocycles. The van der Waals surface area contributed by atoms with Gasteiger partial charge in [-0.2, -0.15) is 0 Å². The van der Waals surface area contributed by atoms with E-state index >= 15 is 0 Å². The molecule has 0 saturated carbocycles. The number of ether oxygens (including phenoxy) is 2. The maximum Gasteiger partial charge on any atom is 0.335 e. The molecule has 0 aromatic heterocycles. The third-order valence-electron chi connectivity index (χ3n) is 3.83. The van der Waals surface area contributed by atoms with Gasteiger partial charge in [0, 0.05) is 0 Å². The average molecular weight is 379 g/mol. The topological polar surface area (TPSA) is 102 Å². The Bertz CT molecular complexity index is 904. The first-order valence-corrected chi connectivity index (χ1v) is 9.30. The van der Waals surface area contributed by atoms with Crippen molar-refractivity contribution in [3.8, 4) is 11.5 Å². The first-order chi connectivity index (χ1) is 12.2. The predicted molar refractivity (Wildman–Crippen MR) is 97.8 cm³/mol. The second-order valence-corrected chi connectivity index (χ2v) is 7.58. The normalized spacial score (nSPS) is 11.3. The molecule has 0 unspecified atom stereocenters. The molecule has 0 spiro atoms. The number of nitrogens with one attached hydrogen (secondary N) is 1. The summed E-state index contributed by atoms with van der Waals surface area (Å²) < 4.78 is 38.0. The Balaban J connectivity index is 2.48. The number of carbonyl (C=O) groups is 1. The Labute approximate surface area is 152 Å². The highest BCUT2D eigenvalue weighted by Gasteiger charge is 2.21. The number of carboxylic acid groups (broad SMARTS) is 1. The minimum Gasteiger partial charge on any atom is -0.493 e. The molecular formula is C18H21NO6S. The van der Waals surface area contributed by atoms with Gasteiger partial charge in [0.2, 0.25) is 0 Å². The fourth-order valence-electron chi connectivity index (χ4n) is 2.40. The van der Waals surface area contributed by atoms with E-state index in [1.54, 1.807) is 12.1 Å². The van der Waals surface area contributed by atoms with E-state index in [4.69, 9.17) is 9.47 Å². The molecular weight excluding hydrogens is 358 g/mol. The van der Waals surface area contributed by atoms with Crippen LogP contribution in [-0.2, 0) is 10.0 Å². The minimum atomic E-state index is -3.93. The van der Waals surface area contributed by atoms with Crippen LogP contribution in [0.5, 0.6) is 11.5 Å². The second kappa shape index (κ2) is 7.65. The molecule has 0 fully saturated rings. The van der Waals surface area contributed by atoms with Crippen LogP contribution < -0.4 is 14.2 Å². The third kappa shape index (κ3) is 4.08. The van der Waals surface area contributed by atoms with E-state index < -0.39 is 16.0 Å². The zero-order valence-electron chi connectivity index (χ0n) is 14.9. The predicted octanol–water partition coefficient (Wildman–Crippen LogP) is 3.33. The summed E-state index contributed by atoms with van der Waals surface area (Å²) >= 11 is 0. The lowest BCUT2D eigenvalue weighted by atomic mass is 10.0. The van der Waals surface area contributed by atoms with Gasteiger partial charge < -0.3 is 14.6 Å². The number of methoxy groups -OCH3 is 2. The summed E-state index contributed by atoms with van der Waals surface area (Å²) in [6.45, 7) is 4.02. The number of aromatic carboxylic acids is 1. The van der Waals surface area contributed by atoms with Crippen LogP contribution in [0, 0.1) is 0 Å². The van der Waals surface area contributed by atoms with Crippen LogP contribution in [0.1, 0.15) is 35.7 Å². The van der Waals surface area contributed by atoms with Gasteiger partial charge in [0.25, 0.3) is 10.0 Å². The molecule has 0 aliphatic heterocycles. The summed E-state index contributed by atoms with van der Waals surface area (Å²) in [6.07, 6.45) is 0. The van der Waals surface area contributed by atoms with E-state index in [1.807, 2.05) is 13.8 Å². The van der Waals surface area contributed by atoms with E-state index in [9.17, 15) is 18.3 Å². The summed E-state index contributed by atoms with van der Waals surface area (Å²) in [6, 6.07) is 8.93. The van der Waals surface area contributed by atoms with Crippen LogP contribution in [0.2, 0.25) is 0 Å². The quantitative estimate of drug-likeness (QED) is 0.765. The van der Waals surface area contributed by atoms with Crippen LogP contribution in [-0.4, -0.2) is 33.7 Å². The van der Waals surface area contributed by atoms with Crippen molar-refractivity contribution in [1.29, 1.82) is 0 Å². The van der Waals surface area contributed by atoms with Crippen molar-refractivity contribution in [2.45, 2.75) is 24.7 Å². The molecule has 8 heteroatoms. The number of carboxylic acids is 1. The molecule has 0 heterocycles. The van der Waals surface area contributed by atoms with Crippen molar-refractivity contribution >= 4 is 21.7 Å². The lowest BCUT2D eigenvalue weighted by Gasteiger charge is -2.16. The van der Waals surface area contributed by atoms with Gasteiger partial charge in [-0.25, -0.2) is 13.2 Å². The van der Waals surface area contributed by atoms with Gasteiger partial charge in [0.1, 0.15) is 0 Å². The number of rotatable bonds is 7. The van der Waals surface area contributed by atoms with Gasteiger partial charge in [-0.1, -0.05) is 26.0 Å². The molecule has 0 aliphatic carbocycles. The molecule has 0 aliphatic rings. The summed E-state index contributed by atoms with van der Waals surface area (Å²) in [5, 5.41) is 9.22. The molecule has 7 nitrogen and oxygen atoms in total. The van der Waals surface area contributed by atoms with E-state index in [0.29, 0.717) is 0 Å². The van der Waals surface area contributed by atoms with Gasteiger partial charge in [0.05, 0.1) is 30.4 Å². The molecule has 2 aromatic carbocycles. The fourth-order valence-corrected chi connectivity index (χ4v) is 3.45. The summed E-state index contributed by atoms with van der Waals surface area (Å²) in [5.41, 5.74) is 0.865. The summed E-state index contributed by atoms with van der Waals surface area (Å²) in [4.78, 5) is 11.3. The Kier molecular flexibility index (Phi) is 5.76. The molecule has 2 N–H and O–H groups in total. The highest BCUT2D eigenvalue weighted by Crippen LogP contribution is 2.37. The average Bonchev–Trinajstić information content (AvgIpc) is 2.60. The number of sulfonamides is 1. The summed E-state index contributed by atoms with van der Waals surface area (Å²) in [7, 11) is -1.25. The van der Waals surface area contributed by atoms with Crippen molar-refractivity contribution in [1.82, 2.24) is 0 Å². The molecule has 2 aromatic rings. The van der Waals surface area contributed by atoms with Gasteiger partial charge in [-0.15, -0.1) is 0 Å². The monoisotopic (exact) mass is 379 g/mol. The second-order valence-electron chi connectivity index (χ2n) is 5.89. The van der Waals surface area contributed by atoms with E-state index in [-0.39, 0.29) is 33.6 Å². The van der Waals surface area contributed by atoms with Gasteiger partial charge in [-0.3, -0.25) is 4.72 Å². The van der Waals surface area contributed by atoms with Gasteiger partial charge in [-0.05, 0) is 35.7 Å². The van der Waals surface area contributed by atoms with Crippen molar-refractivity contribution in [3.63, 3.8) is 0 Å². The van der Waals surface area contributed by atoms with Crippen LogP contribution in [0.3, 0.4) is 0 Å². The van der Waals surface area contributed by atoms with E-state index in [0.717, 1.165) is 5.56 Å². The summed E-state index contributed by atoms with van der Waals surface area (Å²) in [5.74, 6) is -0.732. The van der Waals surface area contributed by atoms with Crippen molar-refractivity contribution < 1.29 is 27.8 Å². The van der Waals surface area contributed by atoms with Crippen molar-refractivity contribution in [3.05, 3.63) is 47.5 Å². The maximum atomic E-state index is 12.7. The van der Waals surface area contributed by atoms with Crippen LogP contribution >= 0.6 is 0 Å². The van der Waals surface area contributed by atoms with Crippen LogP contribution in [0.4, 0.5) is 5.69 Å². The molecule has 140 valence electrons. The van der Waals surface area contributed by atoms with Crippen molar-refractivity contribution in [2.75, 3.05) is 18.9 Å². The Morgan fingerprint density at radius 1 is 1.08 bits per heavy atom. The van der Waals surface area contributed by atoms with E-state index in [1.165, 1.54) is 38.5 Å². The molecule has 0 amide bonds. The zero-order valence-corrected chi connectivity index (χ0v) is 15.8. The first kappa shape index (κ1) is 19.6. The lowest BCUT2D eigenvalue weighted by molar-refractivity contribution is 0.0696. The van der Waals surface area contributed by atoms with Crippen LogP contribution in [0.15, 0.2) is 41.3 Å². The first-order valence-electron chi connectivity index (χ1n) is 7.81. The molecule has 26 heavy (non-hydrogen) atoms. The number of benzene rings is 2. The van der Waals surface area contributed by atoms with Gasteiger partial charge in [0.15, 0.2) is 11.5 Å². The Morgan fingerprint density at radius 2 is 1.69 bits per heavy atom. The van der Waals surface area contributed by atoms with Crippen molar-refractivity contribution in [2.24, 2.45) is 0 Å². The number of hydrogen-bond acceptors (Lipinski definition) is 5. The molecule has 0 atom stereocenters. The lowest BCUT2D eigenvalue weighted by Crippen LogP contribution is -2.15. The largest absolute Gasteiger partial charge is 0.493 e. The third-order valence-corrected chi connectivity index (χ3v) is 5.21. The Hall–Kier alpha value is -2.74. The standard InChI is InChI=1S/C18H21NO6S/c1-11(2)12-5-7-14(8-6-12)26(22,23)19-15-9-13(18(20)21)10-16(24-3)17(15)25-4/h5-11,19H,1-4H3,(H,20,21). The minimum absolute atomic E-state index is 0.0165. The van der Waals surface area contributed by atoms with E-state index in [2.05, 4.69) is 4.72 Å². The Morgan fingerprint density at radius 3 is 2.15 bits per heavy atom. The number of anilines is 1. The smallest absolute Gasteiger partial charge is 0.335 e. The maximum absolute atomic E-state index is 12.7. The number of hydrogen-bond donors (Lipinski definition) is 2. The fraction of sp³-hybridized carbons (Fsp3) is 0.278. The van der Waals surface area contributed by atoms with Crippen LogP contribution in [0.25, 0.3) is 0 Å². The SMILES string of the molecule is COc1cc(C(=O)O)cc(NS(=O)(=O)c2ccc(C(C)C)cc2)c1OC. The molecule has 2 rings (SSSR count). The zero-order chi connectivity index (χ0) is 19.5. The van der Waals surface area contributed by atoms with Gasteiger partial charge >= 0.3 is 5.97 Å². The molecule has 0 radical (unpaired) electrons. The highest BCUT2D eigenvalue weighted by molar-refractivity contribution is 7.92.